The zero-order valence-corrected chi connectivity index (χ0v) is 13.4. The van der Waals surface area contributed by atoms with Crippen LogP contribution in [0.2, 0.25) is 0 Å². The third-order valence-electron chi connectivity index (χ3n) is 4.53. The first-order chi connectivity index (χ1) is 11.2. The zero-order valence-electron chi connectivity index (χ0n) is 13.4. The van der Waals surface area contributed by atoms with Crippen molar-refractivity contribution in [2.45, 2.75) is 26.5 Å². The summed E-state index contributed by atoms with van der Waals surface area (Å²) >= 11 is 0. The summed E-state index contributed by atoms with van der Waals surface area (Å²) in [7, 11) is 0. The normalized spacial score (nSPS) is 23.5. The molecule has 0 saturated carbocycles. The SMILES string of the molecule is Cc1cccc(C2=NOC3CN(Cc4cnc(C)nc4)CC23)c1. The molecule has 2 aromatic rings. The van der Waals surface area contributed by atoms with E-state index in [1.165, 1.54) is 11.1 Å². The number of hydrogen-bond donors (Lipinski definition) is 0. The largest absolute Gasteiger partial charge is 0.390 e. The molecule has 1 saturated heterocycles. The topological polar surface area (TPSA) is 50.6 Å². The third kappa shape index (κ3) is 2.84. The molecule has 1 fully saturated rings. The van der Waals surface area contributed by atoms with Crippen LogP contribution in [0, 0.1) is 19.8 Å². The molecule has 4 rings (SSSR count). The predicted molar refractivity (Wildman–Crippen MR) is 88.1 cm³/mol. The Kier molecular flexibility index (Phi) is 3.58. The number of fused-ring (bicyclic) bond motifs is 1. The molecule has 2 aliphatic rings. The van der Waals surface area contributed by atoms with Crippen LogP contribution >= 0.6 is 0 Å². The molecule has 0 aliphatic carbocycles. The minimum Gasteiger partial charge on any atom is -0.390 e. The molecule has 0 N–H and O–H groups in total. The highest BCUT2D eigenvalue weighted by molar-refractivity contribution is 6.03. The maximum atomic E-state index is 5.69. The first kappa shape index (κ1) is 14.3. The van der Waals surface area contributed by atoms with Crippen molar-refractivity contribution in [1.29, 1.82) is 0 Å². The number of hydrogen-bond acceptors (Lipinski definition) is 5. The molecule has 1 aromatic heterocycles. The van der Waals surface area contributed by atoms with E-state index < -0.39 is 0 Å². The lowest BCUT2D eigenvalue weighted by atomic mass is 9.94. The summed E-state index contributed by atoms with van der Waals surface area (Å²) in [5.41, 5.74) is 4.66. The minimum atomic E-state index is 0.164. The van der Waals surface area contributed by atoms with Crippen molar-refractivity contribution in [3.63, 3.8) is 0 Å². The Bertz CT molecular complexity index is 741. The molecular formula is C18H20N4O. The molecule has 2 unspecified atom stereocenters. The van der Waals surface area contributed by atoms with Gasteiger partial charge in [-0.2, -0.15) is 0 Å². The van der Waals surface area contributed by atoms with Gasteiger partial charge in [-0.3, -0.25) is 4.90 Å². The van der Waals surface area contributed by atoms with Gasteiger partial charge in [0.05, 0.1) is 11.6 Å². The second-order valence-corrected chi connectivity index (χ2v) is 6.43. The van der Waals surface area contributed by atoms with Crippen LogP contribution < -0.4 is 0 Å². The first-order valence-electron chi connectivity index (χ1n) is 7.99. The summed E-state index contributed by atoms with van der Waals surface area (Å²) in [5.74, 6) is 1.16. The molecule has 5 nitrogen and oxygen atoms in total. The van der Waals surface area contributed by atoms with Crippen molar-refractivity contribution in [1.82, 2.24) is 14.9 Å². The van der Waals surface area contributed by atoms with E-state index in [-0.39, 0.29) is 6.10 Å². The van der Waals surface area contributed by atoms with E-state index in [1.54, 1.807) is 0 Å². The van der Waals surface area contributed by atoms with Crippen molar-refractivity contribution in [2.24, 2.45) is 11.1 Å². The van der Waals surface area contributed by atoms with E-state index in [0.29, 0.717) is 5.92 Å². The van der Waals surface area contributed by atoms with E-state index in [0.717, 1.165) is 36.7 Å². The van der Waals surface area contributed by atoms with Crippen molar-refractivity contribution >= 4 is 5.71 Å². The van der Waals surface area contributed by atoms with E-state index in [1.807, 2.05) is 19.3 Å². The fourth-order valence-corrected chi connectivity index (χ4v) is 3.37. The first-order valence-corrected chi connectivity index (χ1v) is 7.99. The number of rotatable bonds is 3. The number of aryl methyl sites for hydroxylation is 2. The van der Waals surface area contributed by atoms with Crippen LogP contribution in [-0.4, -0.2) is 39.8 Å². The van der Waals surface area contributed by atoms with Gasteiger partial charge >= 0.3 is 0 Å². The number of nitrogens with zero attached hydrogens (tertiary/aromatic N) is 4. The Labute approximate surface area is 136 Å². The minimum absolute atomic E-state index is 0.164. The van der Waals surface area contributed by atoms with Gasteiger partial charge in [0.1, 0.15) is 11.9 Å². The fourth-order valence-electron chi connectivity index (χ4n) is 3.37. The molecule has 2 aliphatic heterocycles. The molecule has 5 heteroatoms. The molecule has 23 heavy (non-hydrogen) atoms. The predicted octanol–water partition coefficient (Wildman–Crippen LogP) is 2.33. The Balaban J connectivity index is 1.47. The monoisotopic (exact) mass is 308 g/mol. The highest BCUT2D eigenvalue weighted by Crippen LogP contribution is 2.31. The van der Waals surface area contributed by atoms with Crippen molar-refractivity contribution < 1.29 is 4.84 Å². The van der Waals surface area contributed by atoms with Gasteiger partial charge in [0, 0.05) is 43.2 Å². The van der Waals surface area contributed by atoms with E-state index in [2.05, 4.69) is 51.2 Å². The maximum absolute atomic E-state index is 5.69. The van der Waals surface area contributed by atoms with Crippen LogP contribution in [0.15, 0.2) is 41.8 Å². The number of likely N-dealkylation sites (tertiary alicyclic amines) is 1. The highest BCUT2D eigenvalue weighted by atomic mass is 16.6. The van der Waals surface area contributed by atoms with Gasteiger partial charge in [-0.1, -0.05) is 35.0 Å². The average molecular weight is 308 g/mol. The Hall–Kier alpha value is -2.27. The lowest BCUT2D eigenvalue weighted by Crippen LogP contribution is -2.23. The summed E-state index contributed by atoms with van der Waals surface area (Å²) < 4.78 is 0. The second kappa shape index (κ2) is 5.74. The van der Waals surface area contributed by atoms with Crippen LogP contribution in [0.4, 0.5) is 0 Å². The third-order valence-corrected chi connectivity index (χ3v) is 4.53. The fraction of sp³-hybridized carbons (Fsp3) is 0.389. The van der Waals surface area contributed by atoms with Gasteiger partial charge in [-0.25, -0.2) is 9.97 Å². The number of aromatic nitrogens is 2. The molecule has 0 radical (unpaired) electrons. The lowest BCUT2D eigenvalue weighted by molar-refractivity contribution is 0.0745. The molecule has 3 heterocycles. The van der Waals surface area contributed by atoms with Gasteiger partial charge < -0.3 is 4.84 Å². The number of oxime groups is 1. The van der Waals surface area contributed by atoms with E-state index in [9.17, 15) is 0 Å². The quantitative estimate of drug-likeness (QED) is 0.873. The summed E-state index contributed by atoms with van der Waals surface area (Å²) in [6.07, 6.45) is 3.98. The van der Waals surface area contributed by atoms with Gasteiger partial charge in [-0.05, 0) is 13.8 Å². The Morgan fingerprint density at radius 1 is 1.17 bits per heavy atom. The van der Waals surface area contributed by atoms with Gasteiger partial charge in [0.25, 0.3) is 0 Å². The summed E-state index contributed by atoms with van der Waals surface area (Å²) in [5, 5.41) is 4.35. The van der Waals surface area contributed by atoms with E-state index >= 15 is 0 Å². The van der Waals surface area contributed by atoms with Crippen LogP contribution in [-0.2, 0) is 11.4 Å². The van der Waals surface area contributed by atoms with Crippen LogP contribution in [0.25, 0.3) is 0 Å². The molecule has 0 spiro atoms. The van der Waals surface area contributed by atoms with Crippen molar-refractivity contribution in [3.8, 4) is 0 Å². The lowest BCUT2D eigenvalue weighted by Gasteiger charge is -2.16. The summed E-state index contributed by atoms with van der Waals surface area (Å²) in [4.78, 5) is 16.6. The highest BCUT2D eigenvalue weighted by Gasteiger charge is 2.42. The Morgan fingerprint density at radius 3 is 2.78 bits per heavy atom. The van der Waals surface area contributed by atoms with Crippen molar-refractivity contribution in [2.75, 3.05) is 13.1 Å². The molecule has 118 valence electrons. The molecule has 1 aromatic carbocycles. The summed E-state index contributed by atoms with van der Waals surface area (Å²) in [6.45, 7) is 6.73. The van der Waals surface area contributed by atoms with Crippen molar-refractivity contribution in [3.05, 3.63) is 59.2 Å². The van der Waals surface area contributed by atoms with Crippen LogP contribution in [0.3, 0.4) is 0 Å². The van der Waals surface area contributed by atoms with Gasteiger partial charge in [0.2, 0.25) is 0 Å². The Morgan fingerprint density at radius 2 is 2.00 bits per heavy atom. The van der Waals surface area contributed by atoms with Crippen LogP contribution in [0.1, 0.15) is 22.5 Å². The summed E-state index contributed by atoms with van der Waals surface area (Å²) in [6, 6.07) is 8.49. The molecule has 0 bridgehead atoms. The number of benzene rings is 1. The standard InChI is InChI=1S/C18H20N4O/c1-12-4-3-5-15(6-12)18-16-10-22(11-17(16)23-21-18)9-14-7-19-13(2)20-8-14/h3-8,16-17H,9-11H2,1-2H3. The average Bonchev–Trinajstić information content (AvgIpc) is 3.09. The van der Waals surface area contributed by atoms with E-state index in [4.69, 9.17) is 4.84 Å². The van der Waals surface area contributed by atoms with Crippen LogP contribution in [0.5, 0.6) is 0 Å². The molecule has 2 atom stereocenters. The molecule has 0 amide bonds. The van der Waals surface area contributed by atoms with Gasteiger partial charge in [0.15, 0.2) is 0 Å². The molecular weight excluding hydrogens is 288 g/mol. The second-order valence-electron chi connectivity index (χ2n) is 6.43. The smallest absolute Gasteiger partial charge is 0.149 e. The zero-order chi connectivity index (χ0) is 15.8. The maximum Gasteiger partial charge on any atom is 0.149 e. The van der Waals surface area contributed by atoms with Gasteiger partial charge in [-0.15, -0.1) is 0 Å².